The first-order valence-corrected chi connectivity index (χ1v) is 4.70. The zero-order valence-corrected chi connectivity index (χ0v) is 8.73. The van der Waals surface area contributed by atoms with Crippen molar-refractivity contribution < 1.29 is 0 Å². The highest BCUT2D eigenvalue weighted by Gasteiger charge is 2.08. The second kappa shape index (κ2) is 3.65. The Morgan fingerprint density at radius 2 is 1.93 bits per heavy atom. The van der Waals surface area contributed by atoms with Crippen molar-refractivity contribution in [3.8, 4) is 11.3 Å². The number of pyridine rings is 1. The Morgan fingerprint density at radius 3 is 2.60 bits per heavy atom. The van der Waals surface area contributed by atoms with E-state index in [1.165, 1.54) is 0 Å². The summed E-state index contributed by atoms with van der Waals surface area (Å²) in [5.74, 6) is 0.486. The Bertz CT molecular complexity index is 479. The monoisotopic (exact) mass is 200 g/mol. The maximum Gasteiger partial charge on any atom is 0.149 e. The summed E-state index contributed by atoms with van der Waals surface area (Å²) in [5, 5.41) is 8.01. The molecule has 0 saturated carbocycles. The van der Waals surface area contributed by atoms with Crippen molar-refractivity contribution in [3.05, 3.63) is 35.7 Å². The van der Waals surface area contributed by atoms with E-state index in [0.717, 1.165) is 22.4 Å². The van der Waals surface area contributed by atoms with Crippen molar-refractivity contribution in [2.45, 2.75) is 13.8 Å². The first-order valence-electron chi connectivity index (χ1n) is 4.70. The van der Waals surface area contributed by atoms with Gasteiger partial charge in [-0.05, 0) is 37.1 Å². The van der Waals surface area contributed by atoms with Crippen LogP contribution in [0.2, 0.25) is 0 Å². The van der Waals surface area contributed by atoms with Crippen LogP contribution in [0.1, 0.15) is 11.1 Å². The van der Waals surface area contributed by atoms with Gasteiger partial charge in [0.05, 0.1) is 5.69 Å². The van der Waals surface area contributed by atoms with E-state index in [9.17, 15) is 0 Å². The maximum absolute atomic E-state index is 5.68. The quantitative estimate of drug-likeness (QED) is 0.761. The molecule has 0 aliphatic carbocycles. The van der Waals surface area contributed by atoms with E-state index >= 15 is 0 Å². The number of anilines is 1. The van der Waals surface area contributed by atoms with Gasteiger partial charge in [0, 0.05) is 18.0 Å². The molecule has 2 heterocycles. The Morgan fingerprint density at radius 1 is 1.13 bits per heavy atom. The fourth-order valence-electron chi connectivity index (χ4n) is 1.40. The average molecular weight is 200 g/mol. The molecule has 2 N–H and O–H groups in total. The van der Waals surface area contributed by atoms with Crippen LogP contribution >= 0.6 is 0 Å². The summed E-state index contributed by atoms with van der Waals surface area (Å²) in [6.07, 6.45) is 3.50. The number of rotatable bonds is 1. The van der Waals surface area contributed by atoms with Gasteiger partial charge >= 0.3 is 0 Å². The third kappa shape index (κ3) is 1.66. The second-order valence-electron chi connectivity index (χ2n) is 3.43. The summed E-state index contributed by atoms with van der Waals surface area (Å²) in [5.41, 5.74) is 9.51. The van der Waals surface area contributed by atoms with E-state index in [1.54, 1.807) is 12.4 Å². The van der Waals surface area contributed by atoms with Gasteiger partial charge in [-0.3, -0.25) is 4.98 Å². The Hall–Kier alpha value is -1.97. The lowest BCUT2D eigenvalue weighted by atomic mass is 10.1. The minimum atomic E-state index is 0.486. The van der Waals surface area contributed by atoms with E-state index < -0.39 is 0 Å². The highest BCUT2D eigenvalue weighted by Crippen LogP contribution is 2.23. The van der Waals surface area contributed by atoms with Crippen molar-refractivity contribution in [3.63, 3.8) is 0 Å². The van der Waals surface area contributed by atoms with Crippen molar-refractivity contribution in [1.82, 2.24) is 15.2 Å². The second-order valence-corrected chi connectivity index (χ2v) is 3.43. The van der Waals surface area contributed by atoms with E-state index in [1.807, 2.05) is 26.0 Å². The largest absolute Gasteiger partial charge is 0.382 e. The molecule has 0 aliphatic heterocycles. The molecule has 2 aromatic heterocycles. The summed E-state index contributed by atoms with van der Waals surface area (Å²) < 4.78 is 0. The zero-order valence-electron chi connectivity index (χ0n) is 8.73. The molecule has 0 amide bonds. The van der Waals surface area contributed by atoms with Crippen LogP contribution in [0.3, 0.4) is 0 Å². The molecule has 0 bridgehead atoms. The summed E-state index contributed by atoms with van der Waals surface area (Å²) in [6, 6.07) is 3.84. The van der Waals surface area contributed by atoms with E-state index in [-0.39, 0.29) is 0 Å². The van der Waals surface area contributed by atoms with Crippen LogP contribution in [0, 0.1) is 13.8 Å². The predicted octanol–water partition coefficient (Wildman–Crippen LogP) is 1.74. The molecule has 4 heteroatoms. The topological polar surface area (TPSA) is 64.7 Å². The lowest BCUT2D eigenvalue weighted by Crippen LogP contribution is -2.02. The molecule has 15 heavy (non-hydrogen) atoms. The van der Waals surface area contributed by atoms with Crippen molar-refractivity contribution in [2.75, 3.05) is 5.73 Å². The van der Waals surface area contributed by atoms with Crippen LogP contribution in [-0.4, -0.2) is 15.2 Å². The Balaban J connectivity index is 2.60. The zero-order chi connectivity index (χ0) is 10.8. The van der Waals surface area contributed by atoms with Gasteiger partial charge < -0.3 is 5.73 Å². The van der Waals surface area contributed by atoms with E-state index in [0.29, 0.717) is 5.82 Å². The van der Waals surface area contributed by atoms with Gasteiger partial charge in [0.2, 0.25) is 0 Å². The normalized spacial score (nSPS) is 10.3. The number of nitrogens with zero attached hydrogens (tertiary/aromatic N) is 3. The maximum atomic E-state index is 5.68. The predicted molar refractivity (Wildman–Crippen MR) is 59.1 cm³/mol. The van der Waals surface area contributed by atoms with Gasteiger partial charge in [0.1, 0.15) is 5.82 Å². The van der Waals surface area contributed by atoms with Gasteiger partial charge in [0.15, 0.2) is 0 Å². The van der Waals surface area contributed by atoms with Crippen molar-refractivity contribution >= 4 is 5.82 Å². The van der Waals surface area contributed by atoms with E-state index in [2.05, 4.69) is 15.2 Å². The summed E-state index contributed by atoms with van der Waals surface area (Å²) in [4.78, 5) is 4.06. The molecule has 0 fully saturated rings. The minimum absolute atomic E-state index is 0.486. The van der Waals surface area contributed by atoms with Gasteiger partial charge in [-0.1, -0.05) is 0 Å². The average Bonchev–Trinajstić information content (AvgIpc) is 2.27. The molecular formula is C11H12N4. The number of hydrogen-bond acceptors (Lipinski definition) is 4. The highest BCUT2D eigenvalue weighted by atomic mass is 15.1. The third-order valence-corrected chi connectivity index (χ3v) is 2.49. The van der Waals surface area contributed by atoms with Crippen LogP contribution in [-0.2, 0) is 0 Å². The first kappa shape index (κ1) is 9.58. The van der Waals surface area contributed by atoms with Crippen LogP contribution in [0.4, 0.5) is 5.82 Å². The van der Waals surface area contributed by atoms with Crippen LogP contribution in [0.25, 0.3) is 11.3 Å². The molecule has 76 valence electrons. The summed E-state index contributed by atoms with van der Waals surface area (Å²) in [6.45, 7) is 3.93. The molecular weight excluding hydrogens is 188 g/mol. The Kier molecular flexibility index (Phi) is 2.33. The molecule has 0 aromatic carbocycles. The van der Waals surface area contributed by atoms with Gasteiger partial charge in [0.25, 0.3) is 0 Å². The number of aromatic nitrogens is 3. The lowest BCUT2D eigenvalue weighted by molar-refractivity contribution is 1.01. The van der Waals surface area contributed by atoms with Gasteiger partial charge in [-0.15, -0.1) is 10.2 Å². The molecule has 0 spiro atoms. The third-order valence-electron chi connectivity index (χ3n) is 2.49. The fraction of sp³-hybridized carbons (Fsp3) is 0.182. The van der Waals surface area contributed by atoms with Crippen LogP contribution in [0.5, 0.6) is 0 Å². The van der Waals surface area contributed by atoms with E-state index in [4.69, 9.17) is 5.73 Å². The minimum Gasteiger partial charge on any atom is -0.382 e. The van der Waals surface area contributed by atoms with Crippen molar-refractivity contribution in [1.29, 1.82) is 0 Å². The molecule has 0 radical (unpaired) electrons. The summed E-state index contributed by atoms with van der Waals surface area (Å²) >= 11 is 0. The number of nitrogen functional groups attached to an aromatic ring is 1. The molecule has 2 aromatic rings. The fourth-order valence-corrected chi connectivity index (χ4v) is 1.40. The SMILES string of the molecule is Cc1c(N)nnc(-c2cccnc2)c1C. The van der Waals surface area contributed by atoms with Gasteiger partial charge in [-0.25, -0.2) is 0 Å². The molecule has 2 rings (SSSR count). The standard InChI is InChI=1S/C11H12N4/c1-7-8(2)11(12)15-14-10(7)9-4-3-5-13-6-9/h3-6H,1-2H3,(H2,12,15). The number of nitrogens with two attached hydrogens (primary N) is 1. The smallest absolute Gasteiger partial charge is 0.149 e. The molecule has 0 unspecified atom stereocenters. The van der Waals surface area contributed by atoms with Crippen LogP contribution < -0.4 is 5.73 Å². The summed E-state index contributed by atoms with van der Waals surface area (Å²) in [7, 11) is 0. The van der Waals surface area contributed by atoms with Gasteiger partial charge in [-0.2, -0.15) is 0 Å². The molecule has 0 atom stereocenters. The molecule has 4 nitrogen and oxygen atoms in total. The Labute approximate surface area is 88.2 Å². The molecule has 0 aliphatic rings. The first-order chi connectivity index (χ1) is 7.20. The van der Waals surface area contributed by atoms with Crippen molar-refractivity contribution in [2.24, 2.45) is 0 Å². The van der Waals surface area contributed by atoms with Crippen LogP contribution in [0.15, 0.2) is 24.5 Å². The molecule has 0 saturated heterocycles. The highest BCUT2D eigenvalue weighted by molar-refractivity contribution is 5.64. The number of hydrogen-bond donors (Lipinski definition) is 1. The lowest BCUT2D eigenvalue weighted by Gasteiger charge is -2.07.